The van der Waals surface area contributed by atoms with E-state index in [1.807, 2.05) is 0 Å². The number of phenolic OH excluding ortho intramolecular Hbond substituents is 1. The average Bonchev–Trinajstić information content (AvgIpc) is 2.13. The molecule has 5 heteroatoms. The molecule has 1 aromatic rings. The zero-order valence-corrected chi connectivity index (χ0v) is 7.42. The number of rotatable bonds is 2. The summed E-state index contributed by atoms with van der Waals surface area (Å²) < 4.78 is 25.3. The van der Waals surface area contributed by atoms with Gasteiger partial charge in [0.1, 0.15) is 0 Å². The van der Waals surface area contributed by atoms with Crippen molar-refractivity contribution in [3.63, 3.8) is 0 Å². The van der Waals surface area contributed by atoms with E-state index in [2.05, 4.69) is 0 Å². The number of aromatic hydroxyl groups is 1. The van der Waals surface area contributed by atoms with Gasteiger partial charge in [-0.05, 0) is 19.1 Å². The Bertz CT molecular complexity index is 377. The summed E-state index contributed by atoms with van der Waals surface area (Å²) in [5.41, 5.74) is 4.94. The predicted octanol–water partition coefficient (Wildman–Crippen LogP) is 1.20. The molecule has 0 radical (unpaired) electrons. The standard InChI is InChI=1S/C9H9F2NO2/c1-4(12)8(13)5-2-3-6(10)7(11)9(5)14/h2-4,14H,12H2,1H3. The molecular weight excluding hydrogens is 192 g/mol. The van der Waals surface area contributed by atoms with E-state index in [1.165, 1.54) is 6.92 Å². The van der Waals surface area contributed by atoms with Gasteiger partial charge >= 0.3 is 0 Å². The van der Waals surface area contributed by atoms with Crippen molar-refractivity contribution in [3.05, 3.63) is 29.3 Å². The summed E-state index contributed by atoms with van der Waals surface area (Å²) in [5.74, 6) is -4.27. The quantitative estimate of drug-likeness (QED) is 0.706. The van der Waals surface area contributed by atoms with Crippen LogP contribution in [0.4, 0.5) is 8.78 Å². The van der Waals surface area contributed by atoms with Crippen molar-refractivity contribution in [2.45, 2.75) is 13.0 Å². The molecule has 0 aliphatic carbocycles. The molecule has 3 nitrogen and oxygen atoms in total. The number of carbonyl (C=O) groups excluding carboxylic acids is 1. The smallest absolute Gasteiger partial charge is 0.201 e. The lowest BCUT2D eigenvalue weighted by atomic mass is 10.0. The molecule has 0 aliphatic rings. The number of hydrogen-bond donors (Lipinski definition) is 2. The highest BCUT2D eigenvalue weighted by Gasteiger charge is 2.19. The maximum absolute atomic E-state index is 12.8. The minimum absolute atomic E-state index is 0.307. The van der Waals surface area contributed by atoms with Gasteiger partial charge in [-0.3, -0.25) is 4.79 Å². The van der Waals surface area contributed by atoms with Crippen LogP contribution < -0.4 is 5.73 Å². The first-order valence-electron chi connectivity index (χ1n) is 3.92. The van der Waals surface area contributed by atoms with Crippen molar-refractivity contribution in [3.8, 4) is 5.75 Å². The molecule has 14 heavy (non-hydrogen) atoms. The molecule has 76 valence electrons. The van der Waals surface area contributed by atoms with Gasteiger partial charge < -0.3 is 10.8 Å². The molecule has 0 heterocycles. The number of ketones is 1. The number of carbonyl (C=O) groups is 1. The van der Waals surface area contributed by atoms with Crippen LogP contribution in [0.25, 0.3) is 0 Å². The van der Waals surface area contributed by atoms with Crippen LogP contribution >= 0.6 is 0 Å². The minimum atomic E-state index is -1.43. The number of phenols is 1. The summed E-state index contributed by atoms with van der Waals surface area (Å²) in [5, 5.41) is 9.11. The molecule has 0 bridgehead atoms. The molecule has 0 saturated carbocycles. The van der Waals surface area contributed by atoms with E-state index in [1.54, 1.807) is 0 Å². The fourth-order valence-electron chi connectivity index (χ4n) is 0.984. The third kappa shape index (κ3) is 1.72. The van der Waals surface area contributed by atoms with E-state index in [-0.39, 0.29) is 5.56 Å². The Balaban J connectivity index is 3.24. The maximum atomic E-state index is 12.8. The summed E-state index contributed by atoms with van der Waals surface area (Å²) in [7, 11) is 0. The Kier molecular flexibility index (Phi) is 2.81. The minimum Gasteiger partial charge on any atom is -0.504 e. The van der Waals surface area contributed by atoms with E-state index in [0.29, 0.717) is 0 Å². The third-order valence-corrected chi connectivity index (χ3v) is 1.75. The van der Waals surface area contributed by atoms with Gasteiger partial charge in [0, 0.05) is 0 Å². The number of nitrogens with two attached hydrogens (primary N) is 1. The second kappa shape index (κ2) is 3.71. The average molecular weight is 201 g/mol. The van der Waals surface area contributed by atoms with Crippen LogP contribution in [-0.4, -0.2) is 16.9 Å². The van der Waals surface area contributed by atoms with Gasteiger partial charge in [-0.15, -0.1) is 0 Å². The summed E-state index contributed by atoms with van der Waals surface area (Å²) in [6.45, 7) is 1.39. The summed E-state index contributed by atoms with van der Waals surface area (Å²) in [6.07, 6.45) is 0. The van der Waals surface area contributed by atoms with E-state index >= 15 is 0 Å². The molecule has 1 unspecified atom stereocenters. The molecule has 1 atom stereocenters. The highest BCUT2D eigenvalue weighted by Crippen LogP contribution is 2.24. The second-order valence-electron chi connectivity index (χ2n) is 2.91. The fraction of sp³-hybridized carbons (Fsp3) is 0.222. The van der Waals surface area contributed by atoms with Crippen LogP contribution in [0.1, 0.15) is 17.3 Å². The van der Waals surface area contributed by atoms with Crippen molar-refractivity contribution in [1.29, 1.82) is 0 Å². The van der Waals surface area contributed by atoms with Crippen molar-refractivity contribution < 1.29 is 18.7 Å². The van der Waals surface area contributed by atoms with E-state index in [0.717, 1.165) is 12.1 Å². The van der Waals surface area contributed by atoms with Gasteiger partial charge in [0.2, 0.25) is 5.82 Å². The number of halogens is 2. The van der Waals surface area contributed by atoms with Crippen LogP contribution in [0, 0.1) is 11.6 Å². The lowest BCUT2D eigenvalue weighted by molar-refractivity contribution is 0.0964. The van der Waals surface area contributed by atoms with E-state index < -0.39 is 29.2 Å². The number of Topliss-reactive ketones (excluding diaryl/α,β-unsaturated/α-hetero) is 1. The van der Waals surface area contributed by atoms with Crippen molar-refractivity contribution in [1.82, 2.24) is 0 Å². The molecule has 1 rings (SSSR count). The normalized spacial score (nSPS) is 12.6. The van der Waals surface area contributed by atoms with E-state index in [4.69, 9.17) is 10.8 Å². The summed E-state index contributed by atoms with van der Waals surface area (Å²) in [4.78, 5) is 11.3. The Morgan fingerprint density at radius 2 is 2.07 bits per heavy atom. The molecule has 0 spiro atoms. The lowest BCUT2D eigenvalue weighted by Crippen LogP contribution is -2.26. The predicted molar refractivity (Wildman–Crippen MR) is 46.0 cm³/mol. The Labute approximate surface area is 79.2 Å². The van der Waals surface area contributed by atoms with Gasteiger partial charge in [0.25, 0.3) is 0 Å². The van der Waals surface area contributed by atoms with Crippen molar-refractivity contribution in [2.24, 2.45) is 5.73 Å². The van der Waals surface area contributed by atoms with E-state index in [9.17, 15) is 13.6 Å². The Morgan fingerprint density at radius 3 is 2.57 bits per heavy atom. The SMILES string of the molecule is CC(N)C(=O)c1ccc(F)c(F)c1O. The zero-order chi connectivity index (χ0) is 10.9. The summed E-state index contributed by atoms with van der Waals surface area (Å²) in [6, 6.07) is 0.898. The Hall–Kier alpha value is -1.49. The monoisotopic (exact) mass is 201 g/mol. The van der Waals surface area contributed by atoms with Gasteiger partial charge in [-0.25, -0.2) is 4.39 Å². The number of benzene rings is 1. The molecule has 0 aromatic heterocycles. The fourth-order valence-corrected chi connectivity index (χ4v) is 0.984. The largest absolute Gasteiger partial charge is 0.504 e. The van der Waals surface area contributed by atoms with Crippen molar-refractivity contribution in [2.75, 3.05) is 0 Å². The molecule has 0 fully saturated rings. The first kappa shape index (κ1) is 10.6. The summed E-state index contributed by atoms with van der Waals surface area (Å²) >= 11 is 0. The highest BCUT2D eigenvalue weighted by atomic mass is 19.2. The van der Waals surface area contributed by atoms with Crippen molar-refractivity contribution >= 4 is 5.78 Å². The molecule has 0 saturated heterocycles. The highest BCUT2D eigenvalue weighted by molar-refractivity contribution is 6.01. The van der Waals surface area contributed by atoms with Gasteiger partial charge in [0.15, 0.2) is 17.3 Å². The van der Waals surface area contributed by atoms with Crippen LogP contribution in [0.2, 0.25) is 0 Å². The Morgan fingerprint density at radius 1 is 1.50 bits per heavy atom. The van der Waals surface area contributed by atoms with Gasteiger partial charge in [-0.1, -0.05) is 0 Å². The molecular formula is C9H9F2NO2. The maximum Gasteiger partial charge on any atom is 0.201 e. The molecule has 0 aliphatic heterocycles. The van der Waals surface area contributed by atoms with Crippen LogP contribution in [0.5, 0.6) is 5.75 Å². The van der Waals surface area contributed by atoms with Gasteiger partial charge in [-0.2, -0.15) is 4.39 Å². The zero-order valence-electron chi connectivity index (χ0n) is 7.42. The van der Waals surface area contributed by atoms with Crippen LogP contribution in [0.15, 0.2) is 12.1 Å². The van der Waals surface area contributed by atoms with Crippen LogP contribution in [-0.2, 0) is 0 Å². The second-order valence-corrected chi connectivity index (χ2v) is 2.91. The number of hydrogen-bond acceptors (Lipinski definition) is 3. The third-order valence-electron chi connectivity index (χ3n) is 1.75. The molecule has 0 amide bonds. The molecule has 3 N–H and O–H groups in total. The first-order chi connectivity index (χ1) is 6.45. The van der Waals surface area contributed by atoms with Crippen LogP contribution in [0.3, 0.4) is 0 Å². The lowest BCUT2D eigenvalue weighted by Gasteiger charge is -2.07. The first-order valence-corrected chi connectivity index (χ1v) is 3.92. The molecule has 1 aromatic carbocycles. The topological polar surface area (TPSA) is 63.3 Å². The van der Waals surface area contributed by atoms with Gasteiger partial charge in [0.05, 0.1) is 11.6 Å².